The molecular weight excluding hydrogens is 268 g/mol. The lowest BCUT2D eigenvalue weighted by atomic mass is 10.2. The molecule has 0 radical (unpaired) electrons. The molecule has 0 bridgehead atoms. The largest absolute Gasteiger partial charge is 0.377 e. The van der Waals surface area contributed by atoms with Crippen molar-refractivity contribution in [3.63, 3.8) is 0 Å². The third kappa shape index (κ3) is 5.46. The van der Waals surface area contributed by atoms with Crippen LogP contribution in [0, 0.1) is 0 Å². The number of nitrogens with two attached hydrogens (primary N) is 1. The van der Waals surface area contributed by atoms with Gasteiger partial charge in [-0.05, 0) is 24.8 Å². The van der Waals surface area contributed by atoms with Crippen molar-refractivity contribution in [1.29, 1.82) is 0 Å². The minimum Gasteiger partial charge on any atom is -0.377 e. The molecule has 0 spiro atoms. The van der Waals surface area contributed by atoms with Crippen molar-refractivity contribution in [2.75, 3.05) is 19.7 Å². The summed E-state index contributed by atoms with van der Waals surface area (Å²) in [6, 6.07) is 10.0. The zero-order valence-electron chi connectivity index (χ0n) is 12.3. The summed E-state index contributed by atoms with van der Waals surface area (Å²) < 4.78 is 11.1. The highest BCUT2D eigenvalue weighted by Gasteiger charge is 2.29. The first-order valence-corrected chi connectivity index (χ1v) is 7.54. The van der Waals surface area contributed by atoms with E-state index in [2.05, 4.69) is 5.32 Å². The minimum atomic E-state index is -0.330. The first-order chi connectivity index (χ1) is 10.3. The molecule has 1 aliphatic heterocycles. The summed E-state index contributed by atoms with van der Waals surface area (Å²) in [5, 5.41) is 2.88. The van der Waals surface area contributed by atoms with Gasteiger partial charge >= 0.3 is 0 Å². The summed E-state index contributed by atoms with van der Waals surface area (Å²) in [4.78, 5) is 11.8. The molecule has 0 aliphatic carbocycles. The molecule has 116 valence electrons. The molecule has 1 aliphatic rings. The van der Waals surface area contributed by atoms with Crippen LogP contribution in [-0.2, 0) is 20.9 Å². The van der Waals surface area contributed by atoms with E-state index in [-0.39, 0.29) is 18.1 Å². The first kappa shape index (κ1) is 15.9. The van der Waals surface area contributed by atoms with E-state index >= 15 is 0 Å². The van der Waals surface area contributed by atoms with Crippen LogP contribution in [0.2, 0.25) is 0 Å². The molecule has 5 heteroatoms. The molecule has 0 saturated carbocycles. The van der Waals surface area contributed by atoms with E-state index in [9.17, 15) is 4.79 Å². The number of benzene rings is 1. The zero-order valence-corrected chi connectivity index (χ0v) is 12.3. The Balaban J connectivity index is 1.51. The lowest BCUT2D eigenvalue weighted by molar-refractivity contribution is -0.131. The lowest BCUT2D eigenvalue weighted by Gasteiger charge is -2.12. The molecule has 5 nitrogen and oxygen atoms in total. The molecule has 1 fully saturated rings. The monoisotopic (exact) mass is 292 g/mol. The van der Waals surface area contributed by atoms with Gasteiger partial charge in [0.1, 0.15) is 6.10 Å². The Labute approximate surface area is 125 Å². The van der Waals surface area contributed by atoms with Crippen LogP contribution in [0.1, 0.15) is 24.8 Å². The zero-order chi connectivity index (χ0) is 14.9. The third-order valence-electron chi connectivity index (χ3n) is 3.54. The second-order valence-corrected chi connectivity index (χ2v) is 5.24. The summed E-state index contributed by atoms with van der Waals surface area (Å²) in [5.74, 6) is -0.0333. The Morgan fingerprint density at radius 1 is 1.33 bits per heavy atom. The Kier molecular flexibility index (Phi) is 6.66. The van der Waals surface area contributed by atoms with Gasteiger partial charge in [-0.15, -0.1) is 0 Å². The van der Waals surface area contributed by atoms with E-state index in [0.717, 1.165) is 24.8 Å². The van der Waals surface area contributed by atoms with Gasteiger partial charge in [0.15, 0.2) is 0 Å². The van der Waals surface area contributed by atoms with Crippen LogP contribution >= 0.6 is 0 Å². The van der Waals surface area contributed by atoms with Gasteiger partial charge in [-0.2, -0.15) is 0 Å². The molecule has 2 unspecified atom stereocenters. The van der Waals surface area contributed by atoms with Gasteiger partial charge in [-0.3, -0.25) is 4.79 Å². The highest BCUT2D eigenvalue weighted by molar-refractivity contribution is 5.80. The fraction of sp³-hybridized carbons (Fsp3) is 0.562. The van der Waals surface area contributed by atoms with Crippen molar-refractivity contribution >= 4 is 5.91 Å². The van der Waals surface area contributed by atoms with Crippen molar-refractivity contribution in [1.82, 2.24) is 5.32 Å². The lowest BCUT2D eigenvalue weighted by Crippen LogP contribution is -2.36. The standard InChI is InChI=1S/C16H24N2O3/c17-11-14-7-8-15(21-14)16(19)18-9-4-10-20-12-13-5-2-1-3-6-13/h1-3,5-6,14-15H,4,7-12,17H2,(H,18,19). The Hall–Kier alpha value is -1.43. The topological polar surface area (TPSA) is 73.6 Å². The number of hydrogen-bond acceptors (Lipinski definition) is 4. The van der Waals surface area contributed by atoms with Crippen LogP contribution in [0.15, 0.2) is 30.3 Å². The first-order valence-electron chi connectivity index (χ1n) is 7.54. The summed E-state index contributed by atoms with van der Waals surface area (Å²) in [5.41, 5.74) is 6.69. The fourth-order valence-electron chi connectivity index (χ4n) is 2.34. The molecule has 1 aromatic carbocycles. The Morgan fingerprint density at radius 3 is 2.86 bits per heavy atom. The van der Waals surface area contributed by atoms with E-state index < -0.39 is 0 Å². The van der Waals surface area contributed by atoms with E-state index in [4.69, 9.17) is 15.2 Å². The predicted molar refractivity (Wildman–Crippen MR) is 80.7 cm³/mol. The molecule has 2 atom stereocenters. The molecular formula is C16H24N2O3. The number of hydrogen-bond donors (Lipinski definition) is 2. The Morgan fingerprint density at radius 2 is 2.14 bits per heavy atom. The van der Waals surface area contributed by atoms with E-state index in [1.54, 1.807) is 0 Å². The summed E-state index contributed by atoms with van der Waals surface area (Å²) in [7, 11) is 0. The van der Waals surface area contributed by atoms with Gasteiger partial charge < -0.3 is 20.5 Å². The van der Waals surface area contributed by atoms with Crippen molar-refractivity contribution < 1.29 is 14.3 Å². The van der Waals surface area contributed by atoms with Crippen LogP contribution < -0.4 is 11.1 Å². The maximum Gasteiger partial charge on any atom is 0.249 e. The number of ether oxygens (including phenoxy) is 2. The molecule has 1 aromatic rings. The molecule has 0 aromatic heterocycles. The van der Waals surface area contributed by atoms with Crippen LogP contribution in [0.3, 0.4) is 0 Å². The number of rotatable bonds is 8. The van der Waals surface area contributed by atoms with Gasteiger partial charge in [-0.1, -0.05) is 30.3 Å². The number of carbonyl (C=O) groups is 1. The molecule has 3 N–H and O–H groups in total. The molecule has 2 rings (SSSR count). The van der Waals surface area contributed by atoms with Crippen molar-refractivity contribution in [2.24, 2.45) is 5.73 Å². The molecule has 1 heterocycles. The minimum absolute atomic E-state index is 0.0333. The maximum absolute atomic E-state index is 11.8. The van der Waals surface area contributed by atoms with Crippen LogP contribution in [0.4, 0.5) is 0 Å². The normalized spacial score (nSPS) is 21.4. The van der Waals surface area contributed by atoms with Crippen molar-refractivity contribution in [3.8, 4) is 0 Å². The third-order valence-corrected chi connectivity index (χ3v) is 3.54. The summed E-state index contributed by atoms with van der Waals surface area (Å²) >= 11 is 0. The maximum atomic E-state index is 11.8. The van der Waals surface area contributed by atoms with Crippen LogP contribution in [-0.4, -0.2) is 37.8 Å². The van der Waals surface area contributed by atoms with Gasteiger partial charge in [0.05, 0.1) is 12.7 Å². The van der Waals surface area contributed by atoms with Gasteiger partial charge in [0.2, 0.25) is 5.91 Å². The van der Waals surface area contributed by atoms with Crippen LogP contribution in [0.25, 0.3) is 0 Å². The van der Waals surface area contributed by atoms with Gasteiger partial charge in [0, 0.05) is 19.7 Å². The van der Waals surface area contributed by atoms with E-state index in [1.807, 2.05) is 30.3 Å². The number of carbonyl (C=O) groups excluding carboxylic acids is 1. The smallest absolute Gasteiger partial charge is 0.249 e. The SMILES string of the molecule is NCC1CCC(C(=O)NCCCOCc2ccccc2)O1. The van der Waals surface area contributed by atoms with E-state index in [0.29, 0.717) is 26.3 Å². The van der Waals surface area contributed by atoms with Gasteiger partial charge in [0.25, 0.3) is 0 Å². The molecule has 1 amide bonds. The number of amides is 1. The summed E-state index contributed by atoms with van der Waals surface area (Å²) in [6.07, 6.45) is 2.14. The van der Waals surface area contributed by atoms with Crippen molar-refractivity contribution in [2.45, 2.75) is 38.1 Å². The average molecular weight is 292 g/mol. The fourth-order valence-corrected chi connectivity index (χ4v) is 2.34. The van der Waals surface area contributed by atoms with Crippen molar-refractivity contribution in [3.05, 3.63) is 35.9 Å². The number of nitrogens with one attached hydrogen (secondary N) is 1. The predicted octanol–water partition coefficient (Wildman–Crippen LogP) is 1.22. The highest BCUT2D eigenvalue weighted by atomic mass is 16.5. The molecule has 21 heavy (non-hydrogen) atoms. The quantitative estimate of drug-likeness (QED) is 0.707. The van der Waals surface area contributed by atoms with Crippen LogP contribution in [0.5, 0.6) is 0 Å². The highest BCUT2D eigenvalue weighted by Crippen LogP contribution is 2.18. The van der Waals surface area contributed by atoms with Gasteiger partial charge in [-0.25, -0.2) is 0 Å². The average Bonchev–Trinajstić information content (AvgIpc) is 3.00. The Bertz CT molecular complexity index is 425. The second kappa shape index (κ2) is 8.77. The molecule has 1 saturated heterocycles. The second-order valence-electron chi connectivity index (χ2n) is 5.24. The van der Waals surface area contributed by atoms with E-state index in [1.165, 1.54) is 0 Å². The summed E-state index contributed by atoms with van der Waals surface area (Å²) in [6.45, 7) is 2.34.